The first-order valence-electron chi connectivity index (χ1n) is 34.9. The smallest absolute Gasteiger partial charge is 0.537 e. The maximum Gasteiger partial charge on any atom is 0.569 e. The summed E-state index contributed by atoms with van der Waals surface area (Å²) in [4.78, 5) is 47.8. The van der Waals surface area contributed by atoms with Gasteiger partial charge in [-0.1, -0.05) is 133 Å². The minimum absolute atomic E-state index is 0. The zero-order chi connectivity index (χ0) is 86.1. The predicted octanol–water partition coefficient (Wildman–Crippen LogP) is 23.8. The van der Waals surface area contributed by atoms with Gasteiger partial charge in [0, 0.05) is 66.5 Å². The van der Waals surface area contributed by atoms with Gasteiger partial charge in [-0.05, 0) is 195 Å². The third-order valence-corrected chi connectivity index (χ3v) is 23.0. The highest BCUT2D eigenvalue weighted by atomic mass is 79.9. The minimum Gasteiger partial charge on any atom is -0.537 e. The molecule has 3 aromatic heterocycles. The van der Waals surface area contributed by atoms with Gasteiger partial charge in [-0.2, -0.15) is 17.2 Å². The van der Waals surface area contributed by atoms with Crippen LogP contribution in [-0.4, -0.2) is 61.1 Å². The van der Waals surface area contributed by atoms with Crippen molar-refractivity contribution in [1.29, 1.82) is 0 Å². The summed E-state index contributed by atoms with van der Waals surface area (Å²) >= 11 is 26.3. The van der Waals surface area contributed by atoms with E-state index >= 15 is 0 Å². The molecule has 0 aliphatic carbocycles. The number of methoxy groups -OCH3 is 3. The topological polar surface area (TPSA) is 187 Å². The van der Waals surface area contributed by atoms with Crippen LogP contribution >= 0.6 is 91.3 Å². The zero-order valence-corrected chi connectivity index (χ0v) is 70.6. The van der Waals surface area contributed by atoms with Gasteiger partial charge in [-0.25, -0.2) is 30.5 Å². The van der Waals surface area contributed by atoms with Crippen LogP contribution in [0.25, 0.3) is 72.0 Å². The summed E-state index contributed by atoms with van der Waals surface area (Å²) in [5, 5.41) is 11.2. The van der Waals surface area contributed by atoms with Crippen LogP contribution in [0.2, 0.25) is 15.1 Å². The Morgan fingerprint density at radius 1 is 0.446 bits per heavy atom. The number of benzene rings is 12. The molecule has 0 saturated heterocycles. The van der Waals surface area contributed by atoms with E-state index in [1.165, 1.54) is 98.1 Å². The molecule has 15 aromatic rings. The molecule has 34 heteroatoms. The van der Waals surface area contributed by atoms with Gasteiger partial charge in [0.1, 0.15) is 53.9 Å². The first-order chi connectivity index (χ1) is 57.7. The summed E-state index contributed by atoms with van der Waals surface area (Å²) < 4.78 is 175. The third-order valence-electron chi connectivity index (χ3n) is 17.5. The summed E-state index contributed by atoms with van der Waals surface area (Å²) in [7, 11) is -1.47. The van der Waals surface area contributed by atoms with E-state index in [0.29, 0.717) is 67.3 Å². The van der Waals surface area contributed by atoms with Crippen molar-refractivity contribution in [2.75, 3.05) is 21.3 Å². The molecule has 3 heterocycles. The molecular weight excluding hydrogens is 1810 g/mol. The fraction of sp³-hybridized carbons (Fsp3) is 0.0690. The molecule has 2 atom stereocenters. The number of ether oxygens (including phenoxy) is 3. The first-order valence-corrected chi connectivity index (χ1v) is 43.0. The van der Waals surface area contributed by atoms with E-state index in [4.69, 9.17) is 58.9 Å². The summed E-state index contributed by atoms with van der Waals surface area (Å²) in [5.41, 5.74) is 6.60. The molecule has 0 fully saturated rings. The molecular formula is C87H64BBrCl3F9N3O12P2S3. The Balaban J connectivity index is 0.000000177. The lowest BCUT2D eigenvalue weighted by Crippen LogP contribution is -2.19. The Labute approximate surface area is 723 Å². The van der Waals surface area contributed by atoms with Gasteiger partial charge in [-0.3, -0.25) is 28.1 Å². The van der Waals surface area contributed by atoms with E-state index in [2.05, 4.69) is 61.2 Å². The van der Waals surface area contributed by atoms with Gasteiger partial charge in [-0.15, -0.1) is 23.5 Å². The van der Waals surface area contributed by atoms with Gasteiger partial charge < -0.3 is 33.0 Å². The Morgan fingerprint density at radius 2 is 0.826 bits per heavy atom. The van der Waals surface area contributed by atoms with Crippen LogP contribution in [0.15, 0.2) is 294 Å². The fourth-order valence-corrected chi connectivity index (χ4v) is 15.8. The maximum absolute atomic E-state index is 14.1. The molecule has 0 aliphatic heterocycles. The molecule has 2 N–H and O–H groups in total. The summed E-state index contributed by atoms with van der Waals surface area (Å²) in [5.74, 6) is -12.3. The molecule has 621 valence electrons. The number of pyridine rings is 3. The van der Waals surface area contributed by atoms with Gasteiger partial charge in [0.2, 0.25) is 34.8 Å². The number of nitrogens with zero attached hydrogens (tertiary/aromatic N) is 3. The van der Waals surface area contributed by atoms with Crippen molar-refractivity contribution in [2.24, 2.45) is 0 Å². The molecule has 12 aromatic carbocycles. The Kier molecular flexibility index (Phi) is 32.8. The molecule has 15 rings (SSSR count). The van der Waals surface area contributed by atoms with Crippen molar-refractivity contribution >= 4 is 142 Å². The quantitative estimate of drug-likeness (QED) is 0.0140. The van der Waals surface area contributed by atoms with E-state index < -0.39 is 78.3 Å². The summed E-state index contributed by atoms with van der Waals surface area (Å²) in [6.07, 6.45) is 0. The second-order valence-corrected chi connectivity index (χ2v) is 32.4. The highest BCUT2D eigenvalue weighted by Crippen LogP contribution is 2.42. The highest BCUT2D eigenvalue weighted by Gasteiger charge is 2.32. The molecule has 2 unspecified atom stereocenters. The third kappa shape index (κ3) is 22.6. The zero-order valence-electron chi connectivity index (χ0n) is 62.3. The number of thioether (sulfide) groups is 2. The van der Waals surface area contributed by atoms with Crippen LogP contribution < -0.4 is 39.7 Å². The molecule has 15 nitrogen and oxygen atoms in total. The first kappa shape index (κ1) is 92.8. The van der Waals surface area contributed by atoms with E-state index in [0.717, 1.165) is 71.9 Å². The lowest BCUT2D eigenvalue weighted by Gasteiger charge is -2.17. The minimum atomic E-state index is -5.14. The number of halogens is 13. The standard InChI is InChI=1S/C29H21ClFNO2S.C28H14ClF6NO5S.C23H17BrClNO2S.C6H5BFO2.CH4.FH3OP2/c1-34-28-16-24(20-8-5-9-22(31)14-20)25(30)17-27(28)32-26-12-11-23(15-21(26)10-13-29(32)33)35-18-19-6-3-2-4-7-19;1-40-21-11-17(13-3-2-4-15(30)9-13)18(29)12-20(21)36-19-7-6-16(10-14(19)5-8-22(36)37)42(38,39)41-28-26(34)24(32)23(31)25(33)27(28)35;1-28-22-12-18(24)19(25)13-21(22)26-20-9-8-17(11-16(20)7-10-23(26)27)29-14-15-5-3-2-4-6-15;8-5-2-1-3-6(4-5)10-7-9;;1-3-4-2/h2-17H,18H2,1H3;2-12H,1H3;2-13H,14H2,1H3;1-4,9H;1H4;2-4H. The summed E-state index contributed by atoms with van der Waals surface area (Å²) in [6.45, 7) is 0. The molecule has 0 saturated carbocycles. The lowest BCUT2D eigenvalue weighted by molar-refractivity contribution is 0.346. The van der Waals surface area contributed by atoms with Gasteiger partial charge in [0.15, 0.2) is 0 Å². The SMILES string of the molecule is C.COc1cc(-c2cccc(F)c2)c(Cl)cc1-n1c(=O)ccc2cc(S(=O)(=O)Oc3c(F)c(F)c(F)c(F)c3F)ccc21.COc1cc(-c2cccc(F)c2)c(Cl)cc1-n1c(=O)ccc2cc(SCc3ccccc3)ccc21.COc1cc(Br)c(Cl)cc1-n1c(=O)ccc2cc(SCc3ccccc3)ccc21.OPPF.O[B]Oc1cccc(F)c1. The van der Waals surface area contributed by atoms with Crippen molar-refractivity contribution in [1.82, 2.24) is 13.7 Å². The fourth-order valence-electron chi connectivity index (χ4n) is 12.0. The van der Waals surface area contributed by atoms with Crippen LogP contribution in [0.3, 0.4) is 0 Å². The Bertz CT molecular complexity index is 6580. The number of aromatic nitrogens is 3. The molecule has 0 spiro atoms. The average molecular weight is 1870 g/mol. The van der Waals surface area contributed by atoms with Crippen molar-refractivity contribution in [2.45, 2.75) is 33.6 Å². The second-order valence-electron chi connectivity index (χ2n) is 25.0. The van der Waals surface area contributed by atoms with Crippen LogP contribution in [0.5, 0.6) is 28.7 Å². The molecule has 0 bridgehead atoms. The highest BCUT2D eigenvalue weighted by molar-refractivity contribution is 9.10. The number of hydrogen-bond acceptors (Lipinski definition) is 14. The van der Waals surface area contributed by atoms with Crippen LogP contribution in [-0.2, 0) is 21.6 Å². The Hall–Kier alpha value is -10.5. The number of fused-ring (bicyclic) bond motifs is 3. The van der Waals surface area contributed by atoms with E-state index in [1.54, 1.807) is 94.4 Å². The van der Waals surface area contributed by atoms with Crippen LogP contribution in [0.4, 0.5) is 39.3 Å². The lowest BCUT2D eigenvalue weighted by atomic mass is 10.0. The summed E-state index contributed by atoms with van der Waals surface area (Å²) in [6, 6.07) is 72.0. The molecule has 121 heavy (non-hydrogen) atoms. The van der Waals surface area contributed by atoms with E-state index in [9.17, 15) is 62.1 Å². The van der Waals surface area contributed by atoms with E-state index in [-0.39, 0.29) is 63.3 Å². The normalized spacial score (nSPS) is 11.1. The van der Waals surface area contributed by atoms with Crippen LogP contribution in [0, 0.1) is 46.5 Å². The Morgan fingerprint density at radius 3 is 1.22 bits per heavy atom. The van der Waals surface area contributed by atoms with E-state index in [1.807, 2.05) is 72.8 Å². The van der Waals surface area contributed by atoms with Crippen molar-refractivity contribution in [3.8, 4) is 68.1 Å². The van der Waals surface area contributed by atoms with Gasteiger partial charge in [0.05, 0.1) is 78.5 Å². The molecule has 1 radical (unpaired) electrons. The largest absolute Gasteiger partial charge is 0.569 e. The van der Waals surface area contributed by atoms with Gasteiger partial charge in [0.25, 0.3) is 16.7 Å². The molecule has 0 aliphatic rings. The number of hydrogen-bond donors (Lipinski definition) is 2. The van der Waals surface area contributed by atoms with Crippen molar-refractivity contribution in [3.63, 3.8) is 0 Å². The van der Waals surface area contributed by atoms with Crippen LogP contribution in [0.1, 0.15) is 18.6 Å². The monoisotopic (exact) mass is 1870 g/mol. The van der Waals surface area contributed by atoms with Crippen molar-refractivity contribution < 1.29 is 80.7 Å². The molecule has 0 amide bonds. The average Bonchev–Trinajstić information content (AvgIpc) is 0.766. The predicted molar refractivity (Wildman–Crippen MR) is 470 cm³/mol. The van der Waals surface area contributed by atoms with Gasteiger partial charge >= 0.3 is 17.8 Å². The van der Waals surface area contributed by atoms with Crippen molar-refractivity contribution in [3.05, 3.63) is 369 Å². The second kappa shape index (κ2) is 42.8. The number of rotatable bonds is 20. The maximum atomic E-state index is 14.1.